The third kappa shape index (κ3) is 4.07. The number of aromatic nitrogens is 3. The Hall–Kier alpha value is -4.01. The number of anilines is 1. The number of rotatable bonds is 6. The number of amides is 1. The second-order valence-electron chi connectivity index (χ2n) is 8.01. The molecule has 0 unspecified atom stereocenters. The quantitative estimate of drug-likeness (QED) is 0.250. The zero-order valence-corrected chi connectivity index (χ0v) is 20.4. The molecule has 0 N–H and O–H groups in total. The van der Waals surface area contributed by atoms with Crippen LogP contribution in [0.25, 0.3) is 27.2 Å². The number of para-hydroxylation sites is 1. The van der Waals surface area contributed by atoms with Crippen LogP contribution in [0.2, 0.25) is 0 Å². The van der Waals surface area contributed by atoms with E-state index in [-0.39, 0.29) is 5.91 Å². The van der Waals surface area contributed by atoms with Gasteiger partial charge in [0, 0.05) is 16.3 Å². The first-order valence-corrected chi connectivity index (χ1v) is 12.8. The summed E-state index contributed by atoms with van der Waals surface area (Å²) in [4.78, 5) is 21.9. The molecule has 0 atom stereocenters. The highest BCUT2D eigenvalue weighted by Crippen LogP contribution is 2.34. The Bertz CT molecular complexity index is 1600. The van der Waals surface area contributed by atoms with Gasteiger partial charge in [-0.25, -0.2) is 9.67 Å². The molecule has 0 fully saturated rings. The van der Waals surface area contributed by atoms with Gasteiger partial charge in [0.25, 0.3) is 5.91 Å². The molecular formula is C27H20N4O2S2. The van der Waals surface area contributed by atoms with E-state index in [0.717, 1.165) is 32.9 Å². The van der Waals surface area contributed by atoms with Crippen molar-refractivity contribution in [1.82, 2.24) is 14.8 Å². The topological polar surface area (TPSA) is 64.2 Å². The lowest BCUT2D eigenvalue weighted by Crippen LogP contribution is -2.29. The Morgan fingerprint density at radius 3 is 2.54 bits per heavy atom. The molecule has 0 bridgehead atoms. The monoisotopic (exact) mass is 496 g/mol. The molecule has 172 valence electrons. The van der Waals surface area contributed by atoms with Crippen molar-refractivity contribution in [2.45, 2.75) is 13.5 Å². The van der Waals surface area contributed by atoms with Gasteiger partial charge < -0.3 is 4.42 Å². The highest BCUT2D eigenvalue weighted by Gasteiger charge is 2.26. The Balaban J connectivity index is 1.40. The molecule has 6 nitrogen and oxygen atoms in total. The normalized spacial score (nSPS) is 11.2. The van der Waals surface area contributed by atoms with Gasteiger partial charge in [-0.3, -0.25) is 9.69 Å². The number of aryl methyl sites for hydroxylation is 1. The summed E-state index contributed by atoms with van der Waals surface area (Å²) in [5.41, 5.74) is 3.71. The lowest BCUT2D eigenvalue weighted by atomic mass is 10.2. The average molecular weight is 497 g/mol. The average Bonchev–Trinajstić information content (AvgIpc) is 3.70. The minimum Gasteiger partial charge on any atom is -0.467 e. The predicted octanol–water partition coefficient (Wildman–Crippen LogP) is 6.96. The van der Waals surface area contributed by atoms with Crippen LogP contribution in [-0.4, -0.2) is 20.7 Å². The van der Waals surface area contributed by atoms with Crippen LogP contribution in [-0.2, 0) is 6.54 Å². The molecular weight excluding hydrogens is 476 g/mol. The molecule has 2 aromatic carbocycles. The van der Waals surface area contributed by atoms with Gasteiger partial charge in [-0.05, 0) is 37.3 Å². The van der Waals surface area contributed by atoms with Crippen LogP contribution in [0.4, 0.5) is 5.13 Å². The third-order valence-electron chi connectivity index (χ3n) is 5.69. The number of thiophene rings is 1. The van der Waals surface area contributed by atoms with E-state index in [2.05, 4.69) is 0 Å². The Morgan fingerprint density at radius 2 is 1.80 bits per heavy atom. The summed E-state index contributed by atoms with van der Waals surface area (Å²) >= 11 is 2.89. The minimum atomic E-state index is -0.115. The smallest absolute Gasteiger partial charge is 0.270 e. The molecule has 0 aliphatic rings. The predicted molar refractivity (Wildman–Crippen MR) is 140 cm³/mol. The summed E-state index contributed by atoms with van der Waals surface area (Å²) in [5.74, 6) is 0.582. The summed E-state index contributed by atoms with van der Waals surface area (Å²) in [6.45, 7) is 2.27. The van der Waals surface area contributed by atoms with Crippen molar-refractivity contribution in [2.75, 3.05) is 4.90 Å². The van der Waals surface area contributed by atoms with E-state index in [1.807, 2.05) is 95.8 Å². The summed E-state index contributed by atoms with van der Waals surface area (Å²) in [5, 5.41) is 8.28. The van der Waals surface area contributed by atoms with Crippen LogP contribution in [0, 0.1) is 6.92 Å². The van der Waals surface area contributed by atoms with Crippen molar-refractivity contribution in [3.8, 4) is 16.9 Å². The SMILES string of the molecule is Cc1nn(-c2ccccc2)c2sc(C(=O)N(Cc3ccco3)c3nc(-c4ccccc4)cs3)cc12. The summed E-state index contributed by atoms with van der Waals surface area (Å²) in [6, 6.07) is 25.6. The van der Waals surface area contributed by atoms with Gasteiger partial charge in [0.05, 0.1) is 34.8 Å². The molecule has 6 aromatic rings. The number of hydrogen-bond acceptors (Lipinski definition) is 6. The zero-order chi connectivity index (χ0) is 23.8. The zero-order valence-electron chi connectivity index (χ0n) is 18.8. The maximum absolute atomic E-state index is 13.9. The van der Waals surface area contributed by atoms with E-state index in [9.17, 15) is 4.79 Å². The fourth-order valence-corrected chi connectivity index (χ4v) is 5.91. The van der Waals surface area contributed by atoms with E-state index >= 15 is 0 Å². The van der Waals surface area contributed by atoms with Crippen molar-refractivity contribution >= 4 is 43.9 Å². The molecule has 4 heterocycles. The first kappa shape index (κ1) is 21.5. The van der Waals surface area contributed by atoms with Crippen LogP contribution in [0.1, 0.15) is 21.1 Å². The van der Waals surface area contributed by atoms with Crippen LogP contribution < -0.4 is 4.90 Å². The number of nitrogens with zero attached hydrogens (tertiary/aromatic N) is 4. The second kappa shape index (κ2) is 8.98. The largest absolute Gasteiger partial charge is 0.467 e. The Kier molecular flexibility index (Phi) is 5.52. The van der Waals surface area contributed by atoms with Crippen LogP contribution in [0.15, 0.2) is 94.9 Å². The first-order chi connectivity index (χ1) is 17.2. The second-order valence-corrected chi connectivity index (χ2v) is 9.88. The van der Waals surface area contributed by atoms with Crippen molar-refractivity contribution in [3.63, 3.8) is 0 Å². The van der Waals surface area contributed by atoms with Crippen LogP contribution >= 0.6 is 22.7 Å². The van der Waals surface area contributed by atoms with E-state index in [4.69, 9.17) is 14.5 Å². The van der Waals surface area contributed by atoms with Crippen molar-refractivity contribution < 1.29 is 9.21 Å². The molecule has 8 heteroatoms. The third-order valence-corrected chi connectivity index (χ3v) is 7.65. The molecule has 0 spiro atoms. The molecule has 0 aliphatic heterocycles. The molecule has 1 amide bonds. The number of fused-ring (bicyclic) bond motifs is 1. The lowest BCUT2D eigenvalue weighted by Gasteiger charge is -2.18. The number of furan rings is 1. The molecule has 0 radical (unpaired) electrons. The van der Waals surface area contributed by atoms with Gasteiger partial charge in [-0.1, -0.05) is 48.5 Å². The molecule has 0 aliphatic carbocycles. The van der Waals surface area contributed by atoms with Gasteiger partial charge in [0.2, 0.25) is 0 Å². The molecule has 0 saturated heterocycles. The van der Waals surface area contributed by atoms with Crippen LogP contribution in [0.5, 0.6) is 0 Å². The fourth-order valence-electron chi connectivity index (χ4n) is 3.94. The molecule has 6 rings (SSSR count). The molecule has 35 heavy (non-hydrogen) atoms. The summed E-state index contributed by atoms with van der Waals surface area (Å²) < 4.78 is 7.48. The maximum atomic E-state index is 13.9. The standard InChI is InChI=1S/C27H20N4O2S2/c1-18-22-15-24(35-26(22)31(29-18)20-11-6-3-7-12-20)25(32)30(16-21-13-8-14-33-21)27-28-23(17-34-27)19-9-4-2-5-10-19/h2-15,17H,16H2,1H3. The number of benzene rings is 2. The summed E-state index contributed by atoms with van der Waals surface area (Å²) in [7, 11) is 0. The highest BCUT2D eigenvalue weighted by molar-refractivity contribution is 7.20. The van der Waals surface area contributed by atoms with Gasteiger partial charge >= 0.3 is 0 Å². The van der Waals surface area contributed by atoms with E-state index in [0.29, 0.717) is 22.3 Å². The number of thiazole rings is 1. The van der Waals surface area contributed by atoms with Crippen molar-refractivity contribution in [2.24, 2.45) is 0 Å². The van der Waals surface area contributed by atoms with Gasteiger partial charge in [0.15, 0.2) is 5.13 Å². The van der Waals surface area contributed by atoms with Gasteiger partial charge in [0.1, 0.15) is 10.6 Å². The lowest BCUT2D eigenvalue weighted by molar-refractivity contribution is 0.0987. The van der Waals surface area contributed by atoms with Gasteiger partial charge in [-0.2, -0.15) is 5.10 Å². The Morgan fingerprint density at radius 1 is 1.03 bits per heavy atom. The Labute approximate surface area is 209 Å². The fraction of sp³-hybridized carbons (Fsp3) is 0.0741. The number of hydrogen-bond donors (Lipinski definition) is 0. The minimum absolute atomic E-state index is 0.115. The number of carbonyl (C=O) groups excluding carboxylic acids is 1. The van der Waals surface area contributed by atoms with E-state index in [1.54, 1.807) is 11.2 Å². The molecule has 0 saturated carbocycles. The van der Waals surface area contributed by atoms with Gasteiger partial charge in [-0.15, -0.1) is 22.7 Å². The van der Waals surface area contributed by atoms with Crippen molar-refractivity contribution in [3.05, 3.63) is 107 Å². The van der Waals surface area contributed by atoms with Crippen LogP contribution in [0.3, 0.4) is 0 Å². The molecule has 4 aromatic heterocycles. The summed E-state index contributed by atoms with van der Waals surface area (Å²) in [6.07, 6.45) is 1.62. The number of carbonyl (C=O) groups is 1. The first-order valence-electron chi connectivity index (χ1n) is 11.1. The van der Waals surface area contributed by atoms with E-state index in [1.165, 1.54) is 22.7 Å². The highest BCUT2D eigenvalue weighted by atomic mass is 32.1. The van der Waals surface area contributed by atoms with Crippen molar-refractivity contribution in [1.29, 1.82) is 0 Å². The maximum Gasteiger partial charge on any atom is 0.270 e. The van der Waals surface area contributed by atoms with E-state index < -0.39 is 0 Å².